The van der Waals surface area contributed by atoms with E-state index in [0.717, 1.165) is 22.4 Å². The van der Waals surface area contributed by atoms with Crippen LogP contribution in [0, 0.1) is 0 Å². The van der Waals surface area contributed by atoms with Gasteiger partial charge in [0.05, 0.1) is 33.4 Å². The van der Waals surface area contributed by atoms with Gasteiger partial charge in [-0.05, 0) is 35.7 Å². The van der Waals surface area contributed by atoms with Gasteiger partial charge in [-0.3, -0.25) is 19.9 Å². The Morgan fingerprint density at radius 2 is 1.38 bits per heavy atom. The number of hydrogen-bond donors (Lipinski definition) is 2. The van der Waals surface area contributed by atoms with Crippen LogP contribution in [0.3, 0.4) is 0 Å². The number of benzene rings is 3. The van der Waals surface area contributed by atoms with Gasteiger partial charge < -0.3 is 14.5 Å². The van der Waals surface area contributed by atoms with Crippen molar-refractivity contribution in [2.24, 2.45) is 0 Å². The number of pyridine rings is 2. The van der Waals surface area contributed by atoms with Crippen molar-refractivity contribution in [2.45, 2.75) is 24.9 Å². The molecule has 8 nitrogen and oxygen atoms in total. The van der Waals surface area contributed by atoms with Crippen LogP contribution < -0.4 is 10.6 Å². The van der Waals surface area contributed by atoms with E-state index < -0.39 is 23.5 Å². The van der Waals surface area contributed by atoms with Crippen molar-refractivity contribution in [3.63, 3.8) is 0 Å². The molecule has 3 heterocycles. The summed E-state index contributed by atoms with van der Waals surface area (Å²) in [6.07, 6.45) is 6.39. The molecule has 3 aromatic carbocycles. The molecular formula is C37H31Cl2N5O3. The number of anilines is 1. The number of halogens is 2. The van der Waals surface area contributed by atoms with Gasteiger partial charge in [-0.15, -0.1) is 0 Å². The fraction of sp³-hybridized carbons (Fsp3) is 0.135. The standard InChI is InChI=1S/C37H31Cl2N5O3/c1-2-47-36(46)32(43-37(25-12-6-3-7-13-25,26-14-8-4-9-15-26)27-16-10-5-11-17-27)22-28-18-19-31(34-41-20-21-44(28)34)42-35(45)33-29(38)23-40-24-30(33)39/h3-21,23-24,32,43H,2,22H2,1H3,(H,42,45)/t32-/m0/s1. The summed E-state index contributed by atoms with van der Waals surface area (Å²) in [4.78, 5) is 35.5. The average molecular weight is 665 g/mol. The number of carbonyl (C=O) groups excluding carboxylic acids is 2. The molecule has 2 N–H and O–H groups in total. The molecule has 1 amide bonds. The van der Waals surface area contributed by atoms with Gasteiger partial charge >= 0.3 is 5.97 Å². The summed E-state index contributed by atoms with van der Waals surface area (Å²) in [6.45, 7) is 2.01. The Balaban J connectivity index is 1.42. The SMILES string of the molecule is CCOC(=O)[C@H](Cc1ccc(NC(=O)c2c(Cl)cncc2Cl)c2nccn12)NC(c1ccccc1)(c1ccccc1)c1ccccc1. The number of hydrogen-bond acceptors (Lipinski definition) is 6. The van der Waals surface area contributed by atoms with Gasteiger partial charge in [-0.25, -0.2) is 4.98 Å². The molecule has 3 aromatic heterocycles. The lowest BCUT2D eigenvalue weighted by molar-refractivity contribution is -0.146. The largest absolute Gasteiger partial charge is 0.465 e. The maximum Gasteiger partial charge on any atom is 0.323 e. The predicted molar refractivity (Wildman–Crippen MR) is 184 cm³/mol. The minimum absolute atomic E-state index is 0.114. The van der Waals surface area contributed by atoms with Crippen LogP contribution in [0.25, 0.3) is 5.65 Å². The van der Waals surface area contributed by atoms with Crippen molar-refractivity contribution in [3.05, 3.63) is 166 Å². The normalized spacial score (nSPS) is 12.1. The number of nitrogens with zero attached hydrogens (tertiary/aromatic N) is 3. The highest BCUT2D eigenvalue weighted by atomic mass is 35.5. The Labute approximate surface area is 282 Å². The number of ether oxygens (including phenoxy) is 1. The first-order chi connectivity index (χ1) is 22.9. The third-order valence-corrected chi connectivity index (χ3v) is 8.53. The van der Waals surface area contributed by atoms with Gasteiger partial charge in [0.1, 0.15) is 6.04 Å². The molecule has 0 fully saturated rings. The van der Waals surface area contributed by atoms with Crippen LogP contribution in [-0.2, 0) is 21.5 Å². The summed E-state index contributed by atoms with van der Waals surface area (Å²) in [6, 6.07) is 33.0. The van der Waals surface area contributed by atoms with Crippen molar-refractivity contribution in [1.29, 1.82) is 0 Å². The van der Waals surface area contributed by atoms with Gasteiger partial charge in [0, 0.05) is 36.9 Å². The monoisotopic (exact) mass is 663 g/mol. The van der Waals surface area contributed by atoms with Crippen LogP contribution in [0.4, 0.5) is 5.69 Å². The highest BCUT2D eigenvalue weighted by Gasteiger charge is 2.40. The molecule has 0 aliphatic heterocycles. The first-order valence-corrected chi connectivity index (χ1v) is 15.8. The number of esters is 1. The van der Waals surface area contributed by atoms with E-state index in [1.807, 2.05) is 65.1 Å². The molecule has 47 heavy (non-hydrogen) atoms. The summed E-state index contributed by atoms with van der Waals surface area (Å²) < 4.78 is 7.50. The van der Waals surface area contributed by atoms with E-state index in [2.05, 4.69) is 57.0 Å². The van der Waals surface area contributed by atoms with Crippen LogP contribution in [-0.4, -0.2) is 38.9 Å². The van der Waals surface area contributed by atoms with Crippen LogP contribution in [0.1, 0.15) is 39.7 Å². The van der Waals surface area contributed by atoms with E-state index in [4.69, 9.17) is 27.9 Å². The number of fused-ring (bicyclic) bond motifs is 1. The molecule has 236 valence electrons. The summed E-state index contributed by atoms with van der Waals surface area (Å²) in [5.41, 5.74) is 3.79. The van der Waals surface area contributed by atoms with Crippen LogP contribution in [0.5, 0.6) is 0 Å². The molecule has 6 aromatic rings. The molecule has 0 saturated heterocycles. The second kappa shape index (κ2) is 14.2. The van der Waals surface area contributed by atoms with E-state index in [0.29, 0.717) is 11.3 Å². The minimum Gasteiger partial charge on any atom is -0.465 e. The van der Waals surface area contributed by atoms with Gasteiger partial charge in [-0.1, -0.05) is 114 Å². The lowest BCUT2D eigenvalue weighted by atomic mass is 9.76. The molecule has 0 saturated carbocycles. The van der Waals surface area contributed by atoms with Crippen molar-refractivity contribution in [1.82, 2.24) is 19.7 Å². The molecule has 1 atom stereocenters. The number of imidazole rings is 1. The highest BCUT2D eigenvalue weighted by molar-refractivity contribution is 6.40. The van der Waals surface area contributed by atoms with Crippen molar-refractivity contribution in [2.75, 3.05) is 11.9 Å². The maximum atomic E-state index is 13.8. The zero-order valence-corrected chi connectivity index (χ0v) is 27.0. The third kappa shape index (κ3) is 6.49. The smallest absolute Gasteiger partial charge is 0.323 e. The van der Waals surface area contributed by atoms with Crippen molar-refractivity contribution in [3.8, 4) is 0 Å². The Hall–Kier alpha value is -5.02. The maximum absolute atomic E-state index is 13.8. The summed E-state index contributed by atoms with van der Waals surface area (Å²) >= 11 is 12.5. The third-order valence-electron chi connectivity index (χ3n) is 7.96. The van der Waals surface area contributed by atoms with Gasteiger partial charge in [0.2, 0.25) is 0 Å². The first kappa shape index (κ1) is 31.9. The highest BCUT2D eigenvalue weighted by Crippen LogP contribution is 2.38. The summed E-state index contributed by atoms with van der Waals surface area (Å²) in [7, 11) is 0. The molecule has 6 rings (SSSR count). The van der Waals surface area contributed by atoms with E-state index in [9.17, 15) is 9.59 Å². The Morgan fingerprint density at radius 3 is 1.91 bits per heavy atom. The lowest BCUT2D eigenvalue weighted by Crippen LogP contribution is -2.54. The summed E-state index contributed by atoms with van der Waals surface area (Å²) in [5, 5.41) is 6.91. The molecule has 0 radical (unpaired) electrons. The molecular weight excluding hydrogens is 633 g/mol. The number of aromatic nitrogens is 3. The minimum atomic E-state index is -0.910. The Morgan fingerprint density at radius 1 is 0.830 bits per heavy atom. The number of nitrogens with one attached hydrogen (secondary N) is 2. The molecule has 0 spiro atoms. The molecule has 0 aliphatic carbocycles. The van der Waals surface area contributed by atoms with E-state index >= 15 is 0 Å². The van der Waals surface area contributed by atoms with Crippen molar-refractivity contribution < 1.29 is 14.3 Å². The zero-order valence-electron chi connectivity index (χ0n) is 25.4. The van der Waals surface area contributed by atoms with Crippen LogP contribution in [0.2, 0.25) is 10.0 Å². The van der Waals surface area contributed by atoms with Crippen LogP contribution in [0.15, 0.2) is 128 Å². The molecule has 0 unspecified atom stereocenters. The van der Waals surface area contributed by atoms with Crippen LogP contribution >= 0.6 is 23.2 Å². The van der Waals surface area contributed by atoms with Gasteiger partial charge in [0.15, 0.2) is 5.65 Å². The summed E-state index contributed by atoms with van der Waals surface area (Å²) in [5.74, 6) is -0.892. The van der Waals surface area contributed by atoms with Crippen molar-refractivity contribution >= 4 is 46.4 Å². The topological polar surface area (TPSA) is 97.6 Å². The average Bonchev–Trinajstić information content (AvgIpc) is 3.60. The zero-order chi connectivity index (χ0) is 32.8. The first-order valence-electron chi connectivity index (χ1n) is 15.1. The fourth-order valence-electron chi connectivity index (χ4n) is 5.87. The molecule has 0 aliphatic rings. The molecule has 0 bridgehead atoms. The van der Waals surface area contributed by atoms with E-state index in [-0.39, 0.29) is 28.6 Å². The van der Waals surface area contributed by atoms with Gasteiger partial charge in [-0.2, -0.15) is 0 Å². The number of rotatable bonds is 11. The second-order valence-corrected chi connectivity index (χ2v) is 11.6. The second-order valence-electron chi connectivity index (χ2n) is 10.8. The predicted octanol–water partition coefficient (Wildman–Crippen LogP) is 7.34. The number of amides is 1. The van der Waals surface area contributed by atoms with E-state index in [1.165, 1.54) is 12.4 Å². The lowest BCUT2D eigenvalue weighted by Gasteiger charge is -2.39. The molecule has 10 heteroatoms. The Kier molecular flexibility index (Phi) is 9.63. The van der Waals surface area contributed by atoms with Gasteiger partial charge in [0.25, 0.3) is 5.91 Å². The number of carbonyl (C=O) groups is 2. The Bertz CT molecular complexity index is 1890. The fourth-order valence-corrected chi connectivity index (χ4v) is 6.40. The van der Waals surface area contributed by atoms with E-state index in [1.54, 1.807) is 25.4 Å². The quantitative estimate of drug-likeness (QED) is 0.111.